The van der Waals surface area contributed by atoms with E-state index in [0.29, 0.717) is 16.9 Å². The maximum Gasteiger partial charge on any atom is 0.343 e. The van der Waals surface area contributed by atoms with Crippen LogP contribution in [-0.2, 0) is 4.74 Å². The fourth-order valence-electron chi connectivity index (χ4n) is 2.87. The van der Waals surface area contributed by atoms with E-state index in [1.165, 1.54) is 14.2 Å². The zero-order valence-corrected chi connectivity index (χ0v) is 15.6. The van der Waals surface area contributed by atoms with Gasteiger partial charge >= 0.3 is 5.97 Å². The van der Waals surface area contributed by atoms with Crippen LogP contribution < -0.4 is 9.47 Å². The zero-order chi connectivity index (χ0) is 19.9. The van der Waals surface area contributed by atoms with E-state index in [4.69, 9.17) is 14.2 Å². The molecule has 142 valence electrons. The Hall–Kier alpha value is -3.60. The number of ketones is 1. The molecule has 0 unspecified atom stereocenters. The second kappa shape index (κ2) is 8.86. The van der Waals surface area contributed by atoms with Gasteiger partial charge in [-0.25, -0.2) is 4.79 Å². The van der Waals surface area contributed by atoms with Crippen molar-refractivity contribution in [2.45, 2.75) is 6.10 Å². The summed E-state index contributed by atoms with van der Waals surface area (Å²) in [4.78, 5) is 26.0. The lowest BCUT2D eigenvalue weighted by Crippen LogP contribution is -2.20. The van der Waals surface area contributed by atoms with Gasteiger partial charge in [0.25, 0.3) is 0 Å². The molecule has 0 saturated carbocycles. The second-order valence-corrected chi connectivity index (χ2v) is 5.97. The number of rotatable bonds is 7. The molecule has 3 aromatic rings. The molecule has 0 heterocycles. The van der Waals surface area contributed by atoms with Crippen LogP contribution in [-0.4, -0.2) is 26.0 Å². The van der Waals surface area contributed by atoms with Gasteiger partial charge in [0.15, 0.2) is 17.6 Å². The molecule has 0 N–H and O–H groups in total. The minimum atomic E-state index is -1.08. The van der Waals surface area contributed by atoms with Gasteiger partial charge in [-0.1, -0.05) is 66.7 Å². The predicted molar refractivity (Wildman–Crippen MR) is 105 cm³/mol. The number of benzene rings is 3. The van der Waals surface area contributed by atoms with E-state index in [-0.39, 0.29) is 17.1 Å². The highest BCUT2D eigenvalue weighted by atomic mass is 16.6. The lowest BCUT2D eigenvalue weighted by molar-refractivity contribution is 0.0276. The topological polar surface area (TPSA) is 61.8 Å². The first-order valence-corrected chi connectivity index (χ1v) is 8.72. The molecule has 0 fully saturated rings. The standard InChI is InChI=1S/C23H20O5/c1-26-19-15-9-14-18(22(19)27-2)23(25)28-21(17-12-7-4-8-13-17)20(24)16-10-5-3-6-11-16/h3-15,21H,1-2H3/t21-/m0/s1. The van der Waals surface area contributed by atoms with Crippen molar-refractivity contribution < 1.29 is 23.8 Å². The van der Waals surface area contributed by atoms with Crippen molar-refractivity contribution in [3.05, 3.63) is 95.6 Å². The van der Waals surface area contributed by atoms with E-state index in [0.717, 1.165) is 0 Å². The van der Waals surface area contributed by atoms with Crippen LogP contribution >= 0.6 is 0 Å². The van der Waals surface area contributed by atoms with Gasteiger partial charge in [-0.2, -0.15) is 0 Å². The Kier molecular flexibility index (Phi) is 6.07. The van der Waals surface area contributed by atoms with Crippen LogP contribution in [0.4, 0.5) is 0 Å². The molecule has 3 rings (SSSR count). The number of ether oxygens (including phenoxy) is 3. The molecule has 28 heavy (non-hydrogen) atoms. The fraction of sp³-hybridized carbons (Fsp3) is 0.130. The summed E-state index contributed by atoms with van der Waals surface area (Å²) < 4.78 is 16.2. The first-order chi connectivity index (χ1) is 13.7. The maximum absolute atomic E-state index is 13.1. The molecule has 0 aromatic heterocycles. The summed E-state index contributed by atoms with van der Waals surface area (Å²) in [6.07, 6.45) is -1.08. The molecule has 0 saturated heterocycles. The van der Waals surface area contributed by atoms with Crippen LogP contribution in [0.15, 0.2) is 78.9 Å². The number of hydrogen-bond acceptors (Lipinski definition) is 5. The van der Waals surface area contributed by atoms with E-state index in [2.05, 4.69) is 0 Å². The summed E-state index contributed by atoms with van der Waals surface area (Å²) >= 11 is 0. The first-order valence-electron chi connectivity index (χ1n) is 8.72. The van der Waals surface area contributed by atoms with E-state index < -0.39 is 12.1 Å². The van der Waals surface area contributed by atoms with Crippen LogP contribution in [0.25, 0.3) is 0 Å². The molecule has 0 aliphatic heterocycles. The number of Topliss-reactive ketones (excluding diaryl/α,β-unsaturated/α-hetero) is 1. The van der Waals surface area contributed by atoms with Crippen molar-refractivity contribution in [3.63, 3.8) is 0 Å². The summed E-state index contributed by atoms with van der Waals surface area (Å²) in [6.45, 7) is 0. The Balaban J connectivity index is 1.97. The van der Waals surface area contributed by atoms with Crippen molar-refractivity contribution in [1.29, 1.82) is 0 Å². The van der Waals surface area contributed by atoms with Gasteiger partial charge in [0.2, 0.25) is 5.78 Å². The smallest absolute Gasteiger partial charge is 0.343 e. The van der Waals surface area contributed by atoms with E-state index in [1.54, 1.807) is 66.7 Å². The van der Waals surface area contributed by atoms with Gasteiger partial charge < -0.3 is 14.2 Å². The van der Waals surface area contributed by atoms with E-state index in [9.17, 15) is 9.59 Å². The summed E-state index contributed by atoms with van der Waals surface area (Å²) in [7, 11) is 2.93. The normalized spacial score (nSPS) is 11.4. The van der Waals surface area contributed by atoms with E-state index >= 15 is 0 Å². The molecule has 0 bridgehead atoms. The average Bonchev–Trinajstić information content (AvgIpc) is 2.77. The van der Waals surface area contributed by atoms with Crippen molar-refractivity contribution >= 4 is 11.8 Å². The highest BCUT2D eigenvalue weighted by Crippen LogP contribution is 2.33. The van der Waals surface area contributed by atoms with Gasteiger partial charge in [-0.3, -0.25) is 4.79 Å². The Morgan fingerprint density at radius 1 is 0.750 bits per heavy atom. The number of esters is 1. The van der Waals surface area contributed by atoms with Gasteiger partial charge in [0, 0.05) is 11.1 Å². The van der Waals surface area contributed by atoms with Crippen molar-refractivity contribution in [2.24, 2.45) is 0 Å². The maximum atomic E-state index is 13.1. The first kappa shape index (κ1) is 19.2. The van der Waals surface area contributed by atoms with Crippen LogP contribution in [0, 0.1) is 0 Å². The molecule has 5 nitrogen and oxygen atoms in total. The summed E-state index contributed by atoms with van der Waals surface area (Å²) in [5, 5.41) is 0. The molecule has 0 aliphatic carbocycles. The predicted octanol–water partition coefficient (Wildman–Crippen LogP) is 4.48. The van der Waals surface area contributed by atoms with Crippen LogP contribution in [0.3, 0.4) is 0 Å². The van der Waals surface area contributed by atoms with Crippen LogP contribution in [0.5, 0.6) is 11.5 Å². The molecule has 0 aliphatic rings. The number of carbonyl (C=O) groups is 2. The molecular formula is C23H20O5. The Labute approximate surface area is 163 Å². The third kappa shape index (κ3) is 4.04. The Morgan fingerprint density at radius 2 is 1.39 bits per heavy atom. The fourth-order valence-corrected chi connectivity index (χ4v) is 2.87. The highest BCUT2D eigenvalue weighted by Gasteiger charge is 2.28. The summed E-state index contributed by atoms with van der Waals surface area (Å²) in [6, 6.07) is 22.6. The molecule has 0 amide bonds. The molecule has 1 atom stereocenters. The van der Waals surface area contributed by atoms with E-state index in [1.807, 2.05) is 12.1 Å². The number of hydrogen-bond donors (Lipinski definition) is 0. The summed E-state index contributed by atoms with van der Waals surface area (Å²) in [5.74, 6) is -0.313. The minimum absolute atomic E-state index is 0.184. The van der Waals surface area contributed by atoms with Gasteiger partial charge in [0.05, 0.1) is 14.2 Å². The van der Waals surface area contributed by atoms with Gasteiger partial charge in [0.1, 0.15) is 5.56 Å². The van der Waals surface area contributed by atoms with Crippen molar-refractivity contribution in [2.75, 3.05) is 14.2 Å². The quantitative estimate of drug-likeness (QED) is 0.449. The molecule has 3 aromatic carbocycles. The Bertz CT molecular complexity index is 951. The largest absolute Gasteiger partial charge is 0.493 e. The molecule has 5 heteroatoms. The third-order valence-corrected chi connectivity index (χ3v) is 4.25. The SMILES string of the molecule is COc1cccc(C(=O)O[C@H](C(=O)c2ccccc2)c2ccccc2)c1OC. The van der Waals surface area contributed by atoms with Gasteiger partial charge in [-0.05, 0) is 12.1 Å². The van der Waals surface area contributed by atoms with Crippen molar-refractivity contribution in [1.82, 2.24) is 0 Å². The molecule has 0 spiro atoms. The second-order valence-electron chi connectivity index (χ2n) is 5.97. The van der Waals surface area contributed by atoms with Crippen LogP contribution in [0.1, 0.15) is 32.4 Å². The third-order valence-electron chi connectivity index (χ3n) is 4.25. The average molecular weight is 376 g/mol. The van der Waals surface area contributed by atoms with Crippen LogP contribution in [0.2, 0.25) is 0 Å². The monoisotopic (exact) mass is 376 g/mol. The number of methoxy groups -OCH3 is 2. The summed E-state index contributed by atoms with van der Waals surface area (Å²) in [5.41, 5.74) is 1.23. The zero-order valence-electron chi connectivity index (χ0n) is 15.6. The highest BCUT2D eigenvalue weighted by molar-refractivity contribution is 6.02. The van der Waals surface area contributed by atoms with Crippen molar-refractivity contribution in [3.8, 4) is 11.5 Å². The molecule has 0 radical (unpaired) electrons. The lowest BCUT2D eigenvalue weighted by atomic mass is 9.99. The lowest BCUT2D eigenvalue weighted by Gasteiger charge is -2.19. The minimum Gasteiger partial charge on any atom is -0.493 e. The van der Waals surface area contributed by atoms with Gasteiger partial charge in [-0.15, -0.1) is 0 Å². The Morgan fingerprint density at radius 3 is 2.00 bits per heavy atom. The number of carbonyl (C=O) groups excluding carboxylic acids is 2. The molecular weight excluding hydrogens is 356 g/mol. The number of para-hydroxylation sites is 1.